The molecule has 1 saturated heterocycles. The fourth-order valence-corrected chi connectivity index (χ4v) is 4.19. The first kappa shape index (κ1) is 19.8. The molecule has 1 fully saturated rings. The third-order valence-electron chi connectivity index (χ3n) is 6.00. The predicted octanol–water partition coefficient (Wildman–Crippen LogP) is 4.15. The fourth-order valence-electron chi connectivity index (χ4n) is 4.19. The van der Waals surface area contributed by atoms with Gasteiger partial charge in [0.25, 0.3) is 0 Å². The van der Waals surface area contributed by atoms with E-state index < -0.39 is 0 Å². The summed E-state index contributed by atoms with van der Waals surface area (Å²) >= 11 is 0. The van der Waals surface area contributed by atoms with Crippen molar-refractivity contribution >= 4 is 5.78 Å². The minimum Gasteiger partial charge on any atom is -0.308 e. The van der Waals surface area contributed by atoms with Crippen LogP contribution in [0.1, 0.15) is 39.4 Å². The Balaban J connectivity index is 1.89. The first-order valence-electron chi connectivity index (χ1n) is 10.00. The van der Waals surface area contributed by atoms with Crippen molar-refractivity contribution in [1.82, 2.24) is 9.80 Å². The number of carbonyl (C=O) groups excluding carboxylic acids is 1. The molecule has 3 heteroatoms. The second-order valence-corrected chi connectivity index (χ2v) is 8.12. The molecule has 1 heterocycles. The van der Waals surface area contributed by atoms with Crippen LogP contribution in [0.5, 0.6) is 0 Å². The molecule has 2 atom stereocenters. The van der Waals surface area contributed by atoms with Gasteiger partial charge < -0.3 is 9.80 Å². The fraction of sp³-hybridized carbons (Fsp3) is 0.458. The molecular formula is C24H32N2O. The first-order valence-corrected chi connectivity index (χ1v) is 10.00. The van der Waals surface area contributed by atoms with Gasteiger partial charge >= 0.3 is 0 Å². The number of Topliss-reactive ketones (excluding diaryl/α,β-unsaturated/α-hetero) is 1. The van der Waals surface area contributed by atoms with Crippen LogP contribution in [0.3, 0.4) is 0 Å². The lowest BCUT2D eigenvalue weighted by molar-refractivity contribution is 0.0769. The summed E-state index contributed by atoms with van der Waals surface area (Å²) in [5.74, 6) is 0.605. The monoisotopic (exact) mass is 364 g/mol. The number of aryl methyl sites for hydroxylation is 1. The van der Waals surface area contributed by atoms with E-state index in [4.69, 9.17) is 0 Å². The third-order valence-corrected chi connectivity index (χ3v) is 6.00. The molecule has 27 heavy (non-hydrogen) atoms. The lowest BCUT2D eigenvalue weighted by atomic mass is 9.75. The Kier molecular flexibility index (Phi) is 6.46. The summed E-state index contributed by atoms with van der Waals surface area (Å²) in [6, 6.07) is 16.4. The van der Waals surface area contributed by atoms with Gasteiger partial charge in [-0.05, 0) is 63.5 Å². The highest BCUT2D eigenvalue weighted by Gasteiger charge is 2.36. The lowest BCUT2D eigenvalue weighted by Gasteiger charge is -2.39. The van der Waals surface area contributed by atoms with E-state index in [1.54, 1.807) is 0 Å². The molecule has 0 aliphatic carbocycles. The van der Waals surface area contributed by atoms with E-state index in [1.165, 1.54) is 16.7 Å². The van der Waals surface area contributed by atoms with Gasteiger partial charge in [-0.25, -0.2) is 0 Å². The SMILES string of the molecule is Cc1cccc([C@H]2CCN(CCN(C)C)C[C@@H]2C(=O)c2ccccc2)c1C. The molecule has 0 N–H and O–H groups in total. The van der Waals surface area contributed by atoms with E-state index in [1.807, 2.05) is 30.3 Å². The van der Waals surface area contributed by atoms with Gasteiger partial charge in [0.15, 0.2) is 5.78 Å². The molecule has 0 spiro atoms. The predicted molar refractivity (Wildman–Crippen MR) is 113 cm³/mol. The quantitative estimate of drug-likeness (QED) is 0.719. The van der Waals surface area contributed by atoms with Crippen LogP contribution in [0, 0.1) is 19.8 Å². The Labute approximate surface area is 164 Å². The molecule has 0 saturated carbocycles. The molecule has 3 rings (SSSR count). The van der Waals surface area contributed by atoms with Crippen molar-refractivity contribution in [3.8, 4) is 0 Å². The Morgan fingerprint density at radius 1 is 1.07 bits per heavy atom. The Morgan fingerprint density at radius 2 is 1.81 bits per heavy atom. The Hall–Kier alpha value is -1.97. The van der Waals surface area contributed by atoms with Gasteiger partial charge in [0.05, 0.1) is 0 Å². The maximum absolute atomic E-state index is 13.4. The van der Waals surface area contributed by atoms with Crippen LogP contribution in [0.25, 0.3) is 0 Å². The maximum Gasteiger partial charge on any atom is 0.167 e. The van der Waals surface area contributed by atoms with Gasteiger partial charge in [-0.2, -0.15) is 0 Å². The van der Waals surface area contributed by atoms with Crippen LogP contribution < -0.4 is 0 Å². The van der Waals surface area contributed by atoms with Crippen LogP contribution in [0.4, 0.5) is 0 Å². The number of likely N-dealkylation sites (tertiary alicyclic amines) is 1. The van der Waals surface area contributed by atoms with Crippen LogP contribution in [0.15, 0.2) is 48.5 Å². The van der Waals surface area contributed by atoms with E-state index in [0.717, 1.165) is 38.2 Å². The molecule has 3 nitrogen and oxygen atoms in total. The van der Waals surface area contributed by atoms with Crippen LogP contribution in [0.2, 0.25) is 0 Å². The largest absolute Gasteiger partial charge is 0.308 e. The summed E-state index contributed by atoms with van der Waals surface area (Å²) in [6.07, 6.45) is 1.04. The molecule has 0 radical (unpaired) electrons. The molecule has 0 unspecified atom stereocenters. The molecule has 2 aromatic carbocycles. The van der Waals surface area contributed by atoms with E-state index in [2.05, 4.69) is 55.9 Å². The summed E-state index contributed by atoms with van der Waals surface area (Å²) < 4.78 is 0. The zero-order valence-electron chi connectivity index (χ0n) is 17.1. The van der Waals surface area contributed by atoms with E-state index >= 15 is 0 Å². The van der Waals surface area contributed by atoms with Crippen molar-refractivity contribution < 1.29 is 4.79 Å². The molecule has 0 amide bonds. The van der Waals surface area contributed by atoms with E-state index in [0.29, 0.717) is 5.92 Å². The number of carbonyl (C=O) groups is 1. The number of hydrogen-bond acceptors (Lipinski definition) is 3. The summed E-state index contributed by atoms with van der Waals surface area (Å²) in [4.78, 5) is 18.1. The standard InChI is InChI=1S/C24H32N2O/c1-18-9-8-12-21(19(18)2)22-13-14-26(16-15-25(3)4)17-23(22)24(27)20-10-6-5-7-11-20/h5-12,22-23H,13-17H2,1-4H3/t22-,23+/m1/s1. The Morgan fingerprint density at radius 3 is 2.52 bits per heavy atom. The van der Waals surface area contributed by atoms with Crippen molar-refractivity contribution in [3.63, 3.8) is 0 Å². The topological polar surface area (TPSA) is 23.6 Å². The number of benzene rings is 2. The van der Waals surface area contributed by atoms with Gasteiger partial charge in [-0.1, -0.05) is 48.5 Å². The normalized spacial score (nSPS) is 20.8. The molecule has 2 aromatic rings. The molecule has 0 aromatic heterocycles. The van der Waals surface area contributed by atoms with Crippen LogP contribution in [-0.4, -0.2) is 55.9 Å². The number of hydrogen-bond donors (Lipinski definition) is 0. The molecule has 0 bridgehead atoms. The second kappa shape index (κ2) is 8.81. The number of likely N-dealkylation sites (N-methyl/N-ethyl adjacent to an activating group) is 1. The lowest BCUT2D eigenvalue weighted by Crippen LogP contribution is -2.45. The van der Waals surface area contributed by atoms with Crippen molar-refractivity contribution in [1.29, 1.82) is 0 Å². The van der Waals surface area contributed by atoms with Gasteiger partial charge in [0, 0.05) is 31.1 Å². The average Bonchev–Trinajstić information content (AvgIpc) is 2.68. The molecule has 144 valence electrons. The van der Waals surface area contributed by atoms with Crippen molar-refractivity contribution in [2.45, 2.75) is 26.2 Å². The number of piperidine rings is 1. The average molecular weight is 365 g/mol. The highest BCUT2D eigenvalue weighted by Crippen LogP contribution is 2.37. The first-order chi connectivity index (χ1) is 13.0. The summed E-state index contributed by atoms with van der Waals surface area (Å²) in [5, 5.41) is 0. The zero-order chi connectivity index (χ0) is 19.4. The highest BCUT2D eigenvalue weighted by molar-refractivity contribution is 5.98. The zero-order valence-corrected chi connectivity index (χ0v) is 17.1. The van der Waals surface area contributed by atoms with Crippen LogP contribution >= 0.6 is 0 Å². The summed E-state index contributed by atoms with van der Waals surface area (Å²) in [6.45, 7) is 8.32. The van der Waals surface area contributed by atoms with Crippen molar-refractivity contribution in [2.24, 2.45) is 5.92 Å². The number of nitrogens with zero attached hydrogens (tertiary/aromatic N) is 2. The molecule has 1 aliphatic rings. The minimum atomic E-state index is 0.0174. The van der Waals surface area contributed by atoms with Gasteiger partial charge in [-0.3, -0.25) is 4.79 Å². The van der Waals surface area contributed by atoms with E-state index in [-0.39, 0.29) is 11.7 Å². The number of ketones is 1. The van der Waals surface area contributed by atoms with Crippen LogP contribution in [-0.2, 0) is 0 Å². The molecule has 1 aliphatic heterocycles. The van der Waals surface area contributed by atoms with Crippen molar-refractivity contribution in [2.75, 3.05) is 40.3 Å². The summed E-state index contributed by atoms with van der Waals surface area (Å²) in [5.41, 5.74) is 4.85. The summed E-state index contributed by atoms with van der Waals surface area (Å²) in [7, 11) is 4.21. The third kappa shape index (κ3) is 4.66. The van der Waals surface area contributed by atoms with Crippen molar-refractivity contribution in [3.05, 3.63) is 70.8 Å². The number of rotatable bonds is 6. The highest BCUT2D eigenvalue weighted by atomic mass is 16.1. The maximum atomic E-state index is 13.4. The van der Waals surface area contributed by atoms with Gasteiger partial charge in [-0.15, -0.1) is 0 Å². The second-order valence-electron chi connectivity index (χ2n) is 8.12. The Bertz CT molecular complexity index is 769. The van der Waals surface area contributed by atoms with E-state index in [9.17, 15) is 4.79 Å². The van der Waals surface area contributed by atoms with Gasteiger partial charge in [0.1, 0.15) is 0 Å². The van der Waals surface area contributed by atoms with Gasteiger partial charge in [0.2, 0.25) is 0 Å². The minimum absolute atomic E-state index is 0.0174. The molecular weight excluding hydrogens is 332 g/mol. The smallest absolute Gasteiger partial charge is 0.167 e.